The Morgan fingerprint density at radius 3 is 2.52 bits per heavy atom. The molecule has 0 radical (unpaired) electrons. The maximum absolute atomic E-state index is 14.7. The van der Waals surface area contributed by atoms with Gasteiger partial charge in [-0.1, -0.05) is 0 Å². The van der Waals surface area contributed by atoms with E-state index in [9.17, 15) is 26.0 Å². The van der Waals surface area contributed by atoms with Crippen molar-refractivity contribution in [2.75, 3.05) is 45.4 Å². The van der Waals surface area contributed by atoms with Crippen LogP contribution >= 0.6 is 11.6 Å². The third-order valence-corrected chi connectivity index (χ3v) is 9.37. The first-order chi connectivity index (χ1) is 14.4. The molecule has 1 saturated carbocycles. The summed E-state index contributed by atoms with van der Waals surface area (Å²) in [4.78, 5) is 16.7. The smallest absolute Gasteiger partial charge is 0.241 e. The van der Waals surface area contributed by atoms with E-state index in [1.807, 2.05) is 11.9 Å². The topological polar surface area (TPSA) is 128 Å². The largest absolute Gasteiger partial charge is 0.300 e. The minimum absolute atomic E-state index is 0.00673. The first-order valence-electron chi connectivity index (χ1n) is 10.3. The summed E-state index contributed by atoms with van der Waals surface area (Å²) in [5, 5.41) is 2.52. The molecule has 0 aromatic carbocycles. The van der Waals surface area contributed by atoms with Crippen molar-refractivity contribution in [3.05, 3.63) is 0 Å². The van der Waals surface area contributed by atoms with Gasteiger partial charge in [-0.3, -0.25) is 20.4 Å². The van der Waals surface area contributed by atoms with Crippen LogP contribution in [-0.2, 0) is 24.8 Å². The minimum atomic E-state index is -3.91. The van der Waals surface area contributed by atoms with E-state index in [4.69, 9.17) is 11.6 Å². The number of hydrogen-bond donors (Lipinski definition) is 3. The van der Waals surface area contributed by atoms with Gasteiger partial charge >= 0.3 is 0 Å². The number of hydrogen-bond acceptors (Lipinski definition) is 7. The second-order valence-corrected chi connectivity index (χ2v) is 13.3. The number of sulfonamides is 2. The van der Waals surface area contributed by atoms with E-state index in [1.165, 1.54) is 4.31 Å². The maximum atomic E-state index is 14.7. The summed E-state index contributed by atoms with van der Waals surface area (Å²) in [6.07, 6.45) is 0.642. The molecule has 2 saturated heterocycles. The van der Waals surface area contributed by atoms with Crippen molar-refractivity contribution in [1.82, 2.24) is 24.8 Å². The summed E-state index contributed by atoms with van der Waals surface area (Å²) in [5.41, 5.74) is 2.14. The average molecular weight is 504 g/mol. The number of alkyl halides is 2. The van der Waals surface area contributed by atoms with Gasteiger partial charge in [-0.05, 0) is 38.1 Å². The van der Waals surface area contributed by atoms with Gasteiger partial charge < -0.3 is 0 Å². The SMILES string of the molecule is CN1CNC(C2CC(Cl)C(F)C(C(=O)NNS(=O)(=O)CC3CCN(S(C)(=O)=O)C3)C2)C1. The van der Waals surface area contributed by atoms with Crippen LogP contribution < -0.4 is 15.6 Å². The highest BCUT2D eigenvalue weighted by atomic mass is 35.5. The van der Waals surface area contributed by atoms with E-state index < -0.39 is 43.4 Å². The summed E-state index contributed by atoms with van der Waals surface area (Å²) in [5.74, 6) is -2.50. The molecule has 6 atom stereocenters. The zero-order valence-electron chi connectivity index (χ0n) is 17.6. The molecule has 3 fully saturated rings. The zero-order valence-corrected chi connectivity index (χ0v) is 20.0. The fourth-order valence-electron chi connectivity index (χ4n) is 4.66. The molecule has 10 nitrogen and oxygen atoms in total. The van der Waals surface area contributed by atoms with Crippen molar-refractivity contribution >= 4 is 37.6 Å². The van der Waals surface area contributed by atoms with E-state index >= 15 is 0 Å². The van der Waals surface area contributed by atoms with Crippen LogP contribution in [0, 0.1) is 17.8 Å². The standard InChI is InChI=1S/C17H31ClFN5O5S2/c1-23-8-15(20-10-23)12-5-13(16(19)14(18)6-12)17(25)21-22-31(28,29)9-11-3-4-24(7-11)30(2,26)27/h11-16,20,22H,3-10H2,1-2H3,(H,21,25). The van der Waals surface area contributed by atoms with Gasteiger partial charge in [0, 0.05) is 32.3 Å². The molecule has 6 unspecified atom stereocenters. The molecule has 14 heteroatoms. The molecule has 180 valence electrons. The predicted molar refractivity (Wildman–Crippen MR) is 115 cm³/mol. The lowest BCUT2D eigenvalue weighted by atomic mass is 9.76. The Hall–Kier alpha value is -0.570. The van der Waals surface area contributed by atoms with Gasteiger partial charge in [-0.15, -0.1) is 16.4 Å². The van der Waals surface area contributed by atoms with Gasteiger partial charge in [-0.2, -0.15) is 0 Å². The lowest BCUT2D eigenvalue weighted by molar-refractivity contribution is -0.129. The van der Waals surface area contributed by atoms with E-state index in [-0.39, 0.29) is 43.1 Å². The van der Waals surface area contributed by atoms with Gasteiger partial charge in [0.1, 0.15) is 6.17 Å². The van der Waals surface area contributed by atoms with Crippen molar-refractivity contribution in [3.63, 3.8) is 0 Å². The molecular weight excluding hydrogens is 473 g/mol. The number of rotatable bonds is 7. The van der Waals surface area contributed by atoms with E-state index in [2.05, 4.69) is 15.6 Å². The zero-order chi connectivity index (χ0) is 23.0. The van der Waals surface area contributed by atoms with Crippen molar-refractivity contribution in [2.45, 2.75) is 36.9 Å². The molecule has 0 bridgehead atoms. The third-order valence-electron chi connectivity index (χ3n) is 6.35. The molecule has 3 N–H and O–H groups in total. The molecule has 31 heavy (non-hydrogen) atoms. The summed E-state index contributed by atoms with van der Waals surface area (Å²) in [6.45, 7) is 1.86. The minimum Gasteiger partial charge on any atom is -0.300 e. The lowest BCUT2D eigenvalue weighted by Gasteiger charge is -2.37. The van der Waals surface area contributed by atoms with Crippen LogP contribution in [-0.4, -0.2) is 94.9 Å². The van der Waals surface area contributed by atoms with Gasteiger partial charge in [0.25, 0.3) is 0 Å². The molecule has 2 aliphatic heterocycles. The fourth-order valence-corrected chi connectivity index (χ4v) is 7.22. The Bertz CT molecular complexity index is 876. The van der Waals surface area contributed by atoms with Crippen molar-refractivity contribution in [1.29, 1.82) is 0 Å². The highest BCUT2D eigenvalue weighted by molar-refractivity contribution is 7.89. The predicted octanol–water partition coefficient (Wildman–Crippen LogP) is -0.949. The monoisotopic (exact) mass is 503 g/mol. The first kappa shape index (κ1) is 25.1. The normalized spacial score (nSPS) is 36.0. The molecule has 2 heterocycles. The molecule has 3 aliphatic rings. The van der Waals surface area contributed by atoms with Crippen molar-refractivity contribution in [3.8, 4) is 0 Å². The Balaban J connectivity index is 1.53. The van der Waals surface area contributed by atoms with E-state index in [0.717, 1.165) is 12.8 Å². The number of halogens is 2. The molecule has 1 amide bonds. The van der Waals surface area contributed by atoms with Crippen molar-refractivity contribution in [2.24, 2.45) is 17.8 Å². The number of nitrogens with zero attached hydrogens (tertiary/aromatic N) is 2. The van der Waals surface area contributed by atoms with Gasteiger partial charge in [0.05, 0.1) is 23.3 Å². The molecular formula is C17H31ClFN5O5S2. The first-order valence-corrected chi connectivity index (χ1v) is 14.2. The fraction of sp³-hybridized carbons (Fsp3) is 0.941. The van der Waals surface area contributed by atoms with Gasteiger partial charge in [-0.25, -0.2) is 25.5 Å². The number of amides is 1. The van der Waals surface area contributed by atoms with Crippen LogP contribution in [0.3, 0.4) is 0 Å². The third kappa shape index (κ3) is 6.49. The quantitative estimate of drug-likeness (QED) is 0.302. The molecule has 0 aromatic rings. The Morgan fingerprint density at radius 2 is 1.94 bits per heavy atom. The maximum Gasteiger partial charge on any atom is 0.241 e. The summed E-state index contributed by atoms with van der Waals surface area (Å²) in [6, 6.07) is 0.103. The van der Waals surface area contributed by atoms with E-state index in [1.54, 1.807) is 0 Å². The van der Waals surface area contributed by atoms with Crippen LogP contribution in [0.1, 0.15) is 19.3 Å². The molecule has 0 aromatic heterocycles. The van der Waals surface area contributed by atoms with Crippen molar-refractivity contribution < 1.29 is 26.0 Å². The van der Waals surface area contributed by atoms with Crippen LogP contribution in [0.15, 0.2) is 0 Å². The van der Waals surface area contributed by atoms with Crippen LogP contribution in [0.4, 0.5) is 4.39 Å². The highest BCUT2D eigenvalue weighted by Gasteiger charge is 2.44. The van der Waals surface area contributed by atoms with Crippen LogP contribution in [0.5, 0.6) is 0 Å². The summed E-state index contributed by atoms with van der Waals surface area (Å²) in [7, 11) is -5.32. The molecule has 3 rings (SSSR count). The Labute approximate surface area is 188 Å². The van der Waals surface area contributed by atoms with E-state index in [0.29, 0.717) is 19.5 Å². The lowest BCUT2D eigenvalue weighted by Crippen LogP contribution is -2.52. The number of hydrazine groups is 1. The highest BCUT2D eigenvalue weighted by Crippen LogP contribution is 2.37. The van der Waals surface area contributed by atoms with Gasteiger partial charge in [0.2, 0.25) is 26.0 Å². The van der Waals surface area contributed by atoms with Gasteiger partial charge in [0.15, 0.2) is 0 Å². The number of nitrogens with one attached hydrogen (secondary N) is 3. The Kier molecular flexibility index (Phi) is 7.87. The summed E-state index contributed by atoms with van der Waals surface area (Å²) >= 11 is 6.18. The van der Waals surface area contributed by atoms with Crippen LogP contribution in [0.25, 0.3) is 0 Å². The number of carbonyl (C=O) groups excluding carboxylic acids is 1. The Morgan fingerprint density at radius 1 is 1.23 bits per heavy atom. The summed E-state index contributed by atoms with van der Waals surface area (Å²) < 4.78 is 63.8. The second-order valence-electron chi connectivity index (χ2n) is 8.95. The number of carbonyl (C=O) groups is 1. The average Bonchev–Trinajstić information content (AvgIpc) is 3.30. The molecule has 1 aliphatic carbocycles. The molecule has 0 spiro atoms. The number of likely N-dealkylation sites (N-methyl/N-ethyl adjacent to an activating group) is 1. The second kappa shape index (κ2) is 9.74. The van der Waals surface area contributed by atoms with Crippen LogP contribution in [0.2, 0.25) is 0 Å².